The van der Waals surface area contributed by atoms with Gasteiger partial charge in [0.1, 0.15) is 6.04 Å². The Labute approximate surface area is 151 Å². The number of hydrogen-bond donors (Lipinski definition) is 3. The molecule has 2 atom stereocenters. The lowest BCUT2D eigenvalue weighted by molar-refractivity contribution is -0.130. The summed E-state index contributed by atoms with van der Waals surface area (Å²) < 4.78 is 0. The molecule has 1 heterocycles. The molecule has 1 saturated heterocycles. The van der Waals surface area contributed by atoms with Crippen LogP contribution in [0.2, 0.25) is 0 Å². The van der Waals surface area contributed by atoms with Crippen LogP contribution in [0.4, 0.5) is 0 Å². The minimum absolute atomic E-state index is 0.0359. The summed E-state index contributed by atoms with van der Waals surface area (Å²) in [4.78, 5) is 13.5. The van der Waals surface area contributed by atoms with E-state index in [9.17, 15) is 9.90 Å². The first kappa shape index (κ1) is 19.6. The van der Waals surface area contributed by atoms with Crippen molar-refractivity contribution in [3.63, 3.8) is 0 Å². The van der Waals surface area contributed by atoms with Crippen LogP contribution in [-0.2, 0) is 4.79 Å². The normalized spacial score (nSPS) is 24.0. The Morgan fingerprint density at radius 2 is 2.04 bits per heavy atom. The number of nitrogens with one attached hydrogen (secondary N) is 1. The zero-order chi connectivity index (χ0) is 17.4. The van der Waals surface area contributed by atoms with Gasteiger partial charge in [-0.1, -0.05) is 38.5 Å². The molecule has 0 spiro atoms. The second-order valence-electron chi connectivity index (χ2n) is 7.28. The number of nitriles is 1. The summed E-state index contributed by atoms with van der Waals surface area (Å²) in [5.74, 6) is 0.811. The minimum atomic E-state index is -0.509. The standard InChI is InChI=1S/C18H31N3O2S/c19-13-16-8-4-11-21(16)17(23)14-20-18(24,10-12-22)9-3-7-15-5-1-2-6-15/h15-16,20,22,24H,1-12,14H2. The molecule has 5 nitrogen and oxygen atoms in total. The Hall–Kier alpha value is -0.770. The molecule has 2 fully saturated rings. The monoisotopic (exact) mass is 353 g/mol. The van der Waals surface area contributed by atoms with Gasteiger partial charge < -0.3 is 10.0 Å². The van der Waals surface area contributed by atoms with Gasteiger partial charge in [0.25, 0.3) is 0 Å². The molecule has 136 valence electrons. The number of hydrogen-bond acceptors (Lipinski definition) is 5. The number of aliphatic hydroxyl groups is 1. The summed E-state index contributed by atoms with van der Waals surface area (Å²) in [6.07, 6.45) is 10.7. The number of rotatable bonds is 9. The van der Waals surface area contributed by atoms with Crippen LogP contribution in [0.3, 0.4) is 0 Å². The van der Waals surface area contributed by atoms with Crippen LogP contribution in [0.15, 0.2) is 0 Å². The van der Waals surface area contributed by atoms with Crippen molar-refractivity contribution in [2.24, 2.45) is 5.92 Å². The Bertz CT molecular complexity index is 448. The number of carbonyl (C=O) groups is 1. The van der Waals surface area contributed by atoms with Crippen LogP contribution < -0.4 is 5.32 Å². The quantitative estimate of drug-likeness (QED) is 0.440. The largest absolute Gasteiger partial charge is 0.396 e. The van der Waals surface area contributed by atoms with Crippen LogP contribution in [0.25, 0.3) is 0 Å². The van der Waals surface area contributed by atoms with E-state index in [4.69, 9.17) is 17.9 Å². The second kappa shape index (κ2) is 9.65. The zero-order valence-electron chi connectivity index (χ0n) is 14.5. The van der Waals surface area contributed by atoms with Gasteiger partial charge in [0.2, 0.25) is 5.91 Å². The highest BCUT2D eigenvalue weighted by molar-refractivity contribution is 7.81. The predicted octanol–water partition coefficient (Wildman–Crippen LogP) is 2.46. The average molecular weight is 354 g/mol. The second-order valence-corrected chi connectivity index (χ2v) is 8.13. The van der Waals surface area contributed by atoms with Crippen LogP contribution in [0, 0.1) is 17.2 Å². The smallest absolute Gasteiger partial charge is 0.237 e. The van der Waals surface area contributed by atoms with Crippen molar-refractivity contribution in [2.45, 2.75) is 75.1 Å². The molecule has 0 aromatic heterocycles. The molecular weight excluding hydrogens is 322 g/mol. The Balaban J connectivity index is 1.78. The number of carbonyl (C=O) groups excluding carboxylic acids is 1. The van der Waals surface area contributed by atoms with Gasteiger partial charge in [0.15, 0.2) is 0 Å². The van der Waals surface area contributed by atoms with Crippen molar-refractivity contribution < 1.29 is 9.90 Å². The number of nitrogens with zero attached hydrogens (tertiary/aromatic N) is 2. The van der Waals surface area contributed by atoms with Gasteiger partial charge in [-0.15, -0.1) is 0 Å². The van der Waals surface area contributed by atoms with Crippen molar-refractivity contribution in [3.8, 4) is 6.07 Å². The third-order valence-electron chi connectivity index (χ3n) is 5.49. The van der Waals surface area contributed by atoms with Crippen LogP contribution in [0.5, 0.6) is 0 Å². The maximum atomic E-state index is 12.4. The molecule has 2 N–H and O–H groups in total. The molecule has 1 aliphatic carbocycles. The van der Waals surface area contributed by atoms with E-state index < -0.39 is 4.87 Å². The molecule has 1 saturated carbocycles. The van der Waals surface area contributed by atoms with Gasteiger partial charge in [-0.3, -0.25) is 10.1 Å². The lowest BCUT2D eigenvalue weighted by Crippen LogP contribution is -2.48. The molecule has 1 aliphatic heterocycles. The first-order chi connectivity index (χ1) is 11.6. The highest BCUT2D eigenvalue weighted by Gasteiger charge is 2.31. The van der Waals surface area contributed by atoms with Gasteiger partial charge in [0.05, 0.1) is 17.5 Å². The molecule has 2 rings (SSSR count). The molecule has 24 heavy (non-hydrogen) atoms. The first-order valence-corrected chi connectivity index (χ1v) is 9.80. The summed E-state index contributed by atoms with van der Waals surface area (Å²) >= 11 is 4.73. The van der Waals surface area contributed by atoms with Gasteiger partial charge in [-0.05, 0) is 31.6 Å². The molecule has 0 aromatic rings. The van der Waals surface area contributed by atoms with E-state index in [2.05, 4.69) is 11.4 Å². The molecule has 6 heteroatoms. The van der Waals surface area contributed by atoms with Gasteiger partial charge >= 0.3 is 0 Å². The number of likely N-dealkylation sites (tertiary alicyclic amines) is 1. The van der Waals surface area contributed by atoms with Crippen molar-refractivity contribution in [1.82, 2.24) is 10.2 Å². The number of thiol groups is 1. The lowest BCUT2D eigenvalue weighted by Gasteiger charge is -2.31. The third-order valence-corrected chi connectivity index (χ3v) is 6.10. The topological polar surface area (TPSA) is 76.4 Å². The average Bonchev–Trinajstić information content (AvgIpc) is 3.24. The van der Waals surface area contributed by atoms with Gasteiger partial charge in [-0.25, -0.2) is 0 Å². The highest BCUT2D eigenvalue weighted by atomic mass is 32.1. The molecule has 2 unspecified atom stereocenters. The van der Waals surface area contributed by atoms with E-state index in [1.165, 1.54) is 32.1 Å². The molecule has 0 bridgehead atoms. The van der Waals surface area contributed by atoms with E-state index in [0.29, 0.717) is 13.0 Å². The highest BCUT2D eigenvalue weighted by Crippen LogP contribution is 2.31. The van der Waals surface area contributed by atoms with E-state index >= 15 is 0 Å². The molecule has 0 aromatic carbocycles. The maximum absolute atomic E-state index is 12.4. The SMILES string of the molecule is N#CC1CCCN1C(=O)CNC(S)(CCO)CCCC1CCCC1. The molecule has 0 radical (unpaired) electrons. The minimum Gasteiger partial charge on any atom is -0.396 e. The summed E-state index contributed by atoms with van der Waals surface area (Å²) in [7, 11) is 0. The Morgan fingerprint density at radius 3 is 2.71 bits per heavy atom. The van der Waals surface area contributed by atoms with Crippen LogP contribution >= 0.6 is 12.6 Å². The molecule has 2 aliphatic rings. The van der Waals surface area contributed by atoms with Gasteiger partial charge in [-0.2, -0.15) is 17.9 Å². The van der Waals surface area contributed by atoms with E-state index in [-0.39, 0.29) is 25.1 Å². The van der Waals surface area contributed by atoms with E-state index in [0.717, 1.165) is 31.6 Å². The van der Waals surface area contributed by atoms with E-state index in [1.807, 2.05) is 0 Å². The summed E-state index contributed by atoms with van der Waals surface area (Å²) in [6, 6.07) is 1.92. The summed E-state index contributed by atoms with van der Waals surface area (Å²) in [5, 5.41) is 21.7. The van der Waals surface area contributed by atoms with Crippen molar-refractivity contribution >= 4 is 18.5 Å². The zero-order valence-corrected chi connectivity index (χ0v) is 15.4. The fraction of sp³-hybridized carbons (Fsp3) is 0.889. The van der Waals surface area contributed by atoms with Crippen LogP contribution in [-0.4, -0.2) is 46.5 Å². The number of aliphatic hydroxyl groups excluding tert-OH is 1. The van der Waals surface area contributed by atoms with Crippen molar-refractivity contribution in [1.29, 1.82) is 5.26 Å². The van der Waals surface area contributed by atoms with Crippen molar-refractivity contribution in [2.75, 3.05) is 19.7 Å². The number of amides is 1. The molecule has 1 amide bonds. The predicted molar refractivity (Wildman–Crippen MR) is 97.6 cm³/mol. The van der Waals surface area contributed by atoms with Crippen molar-refractivity contribution in [3.05, 3.63) is 0 Å². The summed E-state index contributed by atoms with van der Waals surface area (Å²) in [5.41, 5.74) is 0. The fourth-order valence-electron chi connectivity index (χ4n) is 4.01. The molecular formula is C18H31N3O2S. The maximum Gasteiger partial charge on any atom is 0.237 e. The van der Waals surface area contributed by atoms with Gasteiger partial charge in [0, 0.05) is 13.2 Å². The van der Waals surface area contributed by atoms with Crippen LogP contribution in [0.1, 0.15) is 64.2 Å². The Kier molecular flexibility index (Phi) is 7.86. The summed E-state index contributed by atoms with van der Waals surface area (Å²) in [6.45, 7) is 0.907. The Morgan fingerprint density at radius 1 is 1.29 bits per heavy atom. The third kappa shape index (κ3) is 5.65. The van der Waals surface area contributed by atoms with E-state index in [1.54, 1.807) is 4.90 Å². The fourth-order valence-corrected chi connectivity index (χ4v) is 4.35. The first-order valence-electron chi connectivity index (χ1n) is 9.35. The lowest BCUT2D eigenvalue weighted by atomic mass is 9.97.